The van der Waals surface area contributed by atoms with Crippen LogP contribution in [0.5, 0.6) is 0 Å². The number of methoxy groups -OCH3 is 1. The predicted molar refractivity (Wildman–Crippen MR) is 158 cm³/mol. The van der Waals surface area contributed by atoms with E-state index in [9.17, 15) is 9.59 Å². The van der Waals surface area contributed by atoms with Crippen LogP contribution in [0.25, 0.3) is 0 Å². The number of hydrogen-bond acceptors (Lipinski definition) is 3. The Labute approximate surface area is 228 Å². The third-order valence-corrected chi connectivity index (χ3v) is 8.04. The van der Waals surface area contributed by atoms with Crippen LogP contribution in [0.4, 0.5) is 0 Å². The van der Waals surface area contributed by atoms with E-state index in [0.29, 0.717) is 36.0 Å². The van der Waals surface area contributed by atoms with Gasteiger partial charge < -0.3 is 9.53 Å². The van der Waals surface area contributed by atoms with Gasteiger partial charge in [-0.05, 0) is 91.9 Å². The summed E-state index contributed by atoms with van der Waals surface area (Å²) in [5.41, 5.74) is 5.64. The van der Waals surface area contributed by atoms with Crippen molar-refractivity contribution in [3.05, 3.63) is 59.3 Å². The summed E-state index contributed by atoms with van der Waals surface area (Å²) in [4.78, 5) is 23.8. The van der Waals surface area contributed by atoms with Gasteiger partial charge in [0.15, 0.2) is 5.78 Å². The zero-order chi connectivity index (χ0) is 28.0. The van der Waals surface area contributed by atoms with E-state index in [1.807, 2.05) is 46.8 Å². The monoisotopic (exact) mass is 510 g/mol. The summed E-state index contributed by atoms with van der Waals surface area (Å²) in [6, 6.07) is 0. The number of rotatable bonds is 6. The number of hydrogen-bond donors (Lipinski definition) is 0. The molecule has 5 atom stereocenters. The van der Waals surface area contributed by atoms with E-state index in [1.165, 1.54) is 29.4 Å². The van der Waals surface area contributed by atoms with Gasteiger partial charge in [0.1, 0.15) is 6.29 Å². The summed E-state index contributed by atoms with van der Waals surface area (Å²) >= 11 is 0. The molecule has 0 aromatic carbocycles. The first-order chi connectivity index (χ1) is 17.9. The fraction of sp³-hybridized carbons (Fsp3) is 0.647. The SMILES string of the molecule is C=C/C(=C\C=C\C(C)C)[C@H]1CC2C(CC[C@@H]2C=O)C2CCC3=CC(=O)CCC3=C21.CC.CC.CCOC. The van der Waals surface area contributed by atoms with Gasteiger partial charge in [-0.3, -0.25) is 4.79 Å². The molecule has 0 amide bonds. The second kappa shape index (κ2) is 17.5. The second-order valence-corrected chi connectivity index (χ2v) is 10.3. The molecule has 0 N–H and O–H groups in total. The van der Waals surface area contributed by atoms with Crippen LogP contribution in [0.2, 0.25) is 0 Å². The van der Waals surface area contributed by atoms with Gasteiger partial charge in [0.2, 0.25) is 0 Å². The first-order valence-electron chi connectivity index (χ1n) is 14.9. The molecule has 0 spiro atoms. The largest absolute Gasteiger partial charge is 0.385 e. The Balaban J connectivity index is 0.000000767. The fourth-order valence-corrected chi connectivity index (χ4v) is 6.50. The van der Waals surface area contributed by atoms with Crippen molar-refractivity contribution in [3.8, 4) is 0 Å². The first kappa shape index (κ1) is 33.0. The van der Waals surface area contributed by atoms with Crippen LogP contribution in [-0.2, 0) is 14.3 Å². The molecule has 0 aromatic heterocycles. The van der Waals surface area contributed by atoms with E-state index < -0.39 is 0 Å². The van der Waals surface area contributed by atoms with Crippen molar-refractivity contribution in [2.24, 2.45) is 35.5 Å². The molecule has 0 saturated heterocycles. The topological polar surface area (TPSA) is 43.4 Å². The Morgan fingerprint density at radius 2 is 1.76 bits per heavy atom. The lowest BCUT2D eigenvalue weighted by atomic mass is 9.57. The van der Waals surface area contributed by atoms with Gasteiger partial charge in [0, 0.05) is 32.0 Å². The molecule has 0 heterocycles. The number of ether oxygens (including phenoxy) is 1. The quantitative estimate of drug-likeness (QED) is 0.265. The minimum absolute atomic E-state index is 0.219. The molecule has 0 radical (unpaired) electrons. The minimum atomic E-state index is 0.219. The van der Waals surface area contributed by atoms with E-state index >= 15 is 0 Å². The van der Waals surface area contributed by atoms with E-state index in [2.05, 4.69) is 43.4 Å². The van der Waals surface area contributed by atoms with Crippen LogP contribution in [0.1, 0.15) is 93.4 Å². The Bertz CT molecular complexity index is 852. The van der Waals surface area contributed by atoms with Gasteiger partial charge >= 0.3 is 0 Å². The van der Waals surface area contributed by atoms with Gasteiger partial charge in [-0.25, -0.2) is 0 Å². The summed E-state index contributed by atoms with van der Waals surface area (Å²) in [6.07, 6.45) is 18.8. The normalized spacial score (nSPS) is 28.4. The predicted octanol–water partition coefficient (Wildman–Crippen LogP) is 8.87. The van der Waals surface area contributed by atoms with E-state index in [4.69, 9.17) is 0 Å². The molecule has 3 nitrogen and oxygen atoms in total. The number of allylic oxidation sites excluding steroid dienone is 9. The molecule has 2 fully saturated rings. The number of fused-ring (bicyclic) bond motifs is 4. The standard InChI is InChI=1S/C27H34O2.C3H8O.2C2H6/c1-4-18(7-5-6-17(2)3)26-15-25-20(16-28)9-11-23(25)24-12-8-19-14-21(29)10-13-22(19)27(24)26;1-3-4-2;2*1-2/h4-7,14,16-17,20,23-26H,1,8-13,15H2,2-3H3;3H2,1-2H3;2*1-2H3/b6-5+,18-7+;;;/t20-,23?,24?,25?,26-;;;/m1.../s1. The molecule has 37 heavy (non-hydrogen) atoms. The Kier molecular flexibility index (Phi) is 15.6. The molecule has 208 valence electrons. The summed E-state index contributed by atoms with van der Waals surface area (Å²) < 4.78 is 4.54. The zero-order valence-electron chi connectivity index (χ0n) is 25.0. The molecular formula is C34H54O3. The van der Waals surface area contributed by atoms with Gasteiger partial charge in [0.25, 0.3) is 0 Å². The number of aldehydes is 1. The van der Waals surface area contributed by atoms with Crippen molar-refractivity contribution in [2.45, 2.75) is 93.4 Å². The minimum Gasteiger partial charge on any atom is -0.385 e. The Morgan fingerprint density at radius 3 is 2.32 bits per heavy atom. The highest BCUT2D eigenvalue weighted by atomic mass is 16.5. The first-order valence-corrected chi connectivity index (χ1v) is 14.9. The van der Waals surface area contributed by atoms with Crippen LogP contribution in [0.3, 0.4) is 0 Å². The van der Waals surface area contributed by atoms with E-state index in [-0.39, 0.29) is 11.7 Å². The van der Waals surface area contributed by atoms with Crippen molar-refractivity contribution in [2.75, 3.05) is 13.7 Å². The molecule has 3 heteroatoms. The van der Waals surface area contributed by atoms with Crippen LogP contribution in [0.15, 0.2) is 59.3 Å². The lowest BCUT2D eigenvalue weighted by Gasteiger charge is -2.47. The summed E-state index contributed by atoms with van der Waals surface area (Å²) in [7, 11) is 1.68. The molecule has 3 unspecified atom stereocenters. The maximum atomic E-state index is 12.0. The van der Waals surface area contributed by atoms with Gasteiger partial charge in [-0.15, -0.1) is 0 Å². The van der Waals surface area contributed by atoms with E-state index in [1.54, 1.807) is 12.7 Å². The number of ketones is 1. The average Bonchev–Trinajstić information content (AvgIpc) is 3.35. The van der Waals surface area contributed by atoms with Gasteiger partial charge in [-0.1, -0.05) is 78.0 Å². The molecule has 4 rings (SSSR count). The molecular weight excluding hydrogens is 456 g/mol. The maximum absolute atomic E-state index is 12.0. The summed E-state index contributed by atoms with van der Waals surface area (Å²) in [6.45, 7) is 19.3. The van der Waals surface area contributed by atoms with Crippen molar-refractivity contribution in [3.63, 3.8) is 0 Å². The smallest absolute Gasteiger partial charge is 0.156 e. The van der Waals surface area contributed by atoms with Crippen LogP contribution in [0, 0.1) is 35.5 Å². The highest BCUT2D eigenvalue weighted by Gasteiger charge is 2.49. The van der Waals surface area contributed by atoms with Crippen LogP contribution in [-0.4, -0.2) is 25.8 Å². The average molecular weight is 511 g/mol. The lowest BCUT2D eigenvalue weighted by Crippen LogP contribution is -2.38. The lowest BCUT2D eigenvalue weighted by molar-refractivity contribution is -0.115. The third kappa shape index (κ3) is 8.50. The van der Waals surface area contributed by atoms with Crippen molar-refractivity contribution in [1.29, 1.82) is 0 Å². The number of carbonyl (C=O) groups is 2. The maximum Gasteiger partial charge on any atom is 0.156 e. The fourth-order valence-electron chi connectivity index (χ4n) is 6.50. The zero-order valence-corrected chi connectivity index (χ0v) is 25.0. The Hall–Kier alpha value is -2.00. The summed E-state index contributed by atoms with van der Waals surface area (Å²) in [5, 5.41) is 0. The van der Waals surface area contributed by atoms with Crippen molar-refractivity contribution < 1.29 is 14.3 Å². The third-order valence-electron chi connectivity index (χ3n) is 8.04. The van der Waals surface area contributed by atoms with Crippen molar-refractivity contribution >= 4 is 12.1 Å². The van der Waals surface area contributed by atoms with Crippen LogP contribution >= 0.6 is 0 Å². The molecule has 4 aliphatic rings. The molecule has 0 aliphatic heterocycles. The molecule has 0 aromatic rings. The highest BCUT2D eigenvalue weighted by Crippen LogP contribution is 2.58. The summed E-state index contributed by atoms with van der Waals surface area (Å²) in [5.74, 6) is 3.07. The molecule has 0 bridgehead atoms. The highest BCUT2D eigenvalue weighted by molar-refractivity contribution is 5.93. The van der Waals surface area contributed by atoms with Gasteiger partial charge in [-0.2, -0.15) is 0 Å². The molecule has 2 saturated carbocycles. The molecule has 4 aliphatic carbocycles. The van der Waals surface area contributed by atoms with Crippen molar-refractivity contribution in [1.82, 2.24) is 0 Å². The van der Waals surface area contributed by atoms with Gasteiger partial charge in [0.05, 0.1) is 0 Å². The van der Waals surface area contributed by atoms with E-state index in [0.717, 1.165) is 38.7 Å². The second-order valence-electron chi connectivity index (χ2n) is 10.3. The van der Waals surface area contributed by atoms with Crippen LogP contribution < -0.4 is 0 Å². The Morgan fingerprint density at radius 1 is 1.08 bits per heavy atom. The number of carbonyl (C=O) groups excluding carboxylic acids is 2.